The lowest BCUT2D eigenvalue weighted by molar-refractivity contribution is 0.686. The largest absolute Gasteiger partial charge is 0.301 e. The molecule has 2 rings (SSSR count). The zero-order chi connectivity index (χ0) is 16.1. The normalized spacial score (nSPS) is 11.3. The molecule has 0 saturated heterocycles. The van der Waals surface area contributed by atoms with E-state index in [1.807, 2.05) is 6.92 Å². The molecule has 0 aliphatic rings. The van der Waals surface area contributed by atoms with Crippen molar-refractivity contribution in [3.8, 4) is 6.07 Å². The van der Waals surface area contributed by atoms with Gasteiger partial charge in [-0.15, -0.1) is 0 Å². The number of nitrogens with one attached hydrogen (secondary N) is 1. The van der Waals surface area contributed by atoms with E-state index in [0.717, 1.165) is 5.56 Å². The Balaban J connectivity index is 2.36. The van der Waals surface area contributed by atoms with E-state index in [1.54, 1.807) is 36.4 Å². The number of aryl methyl sites for hydroxylation is 1. The molecule has 6 heteroatoms. The predicted octanol–water partition coefficient (Wildman–Crippen LogP) is 3.67. The van der Waals surface area contributed by atoms with Crippen molar-refractivity contribution >= 4 is 41.5 Å². The lowest BCUT2D eigenvalue weighted by atomic mass is 10.1. The van der Waals surface area contributed by atoms with Crippen LogP contribution in [0.2, 0.25) is 0 Å². The van der Waals surface area contributed by atoms with Crippen molar-refractivity contribution in [2.75, 3.05) is 4.72 Å². The SMILES string of the molecule is C=Nc1cccc(S(=O)Nc2ccc(C)c(C#N)c2)c1N=C. The fraction of sp³-hybridized carbons (Fsp3) is 0.0625. The standard InChI is InChI=1S/C16H14N4OS/c1-11-7-8-13(9-12(11)10-17)20-22(21)15-6-4-5-14(18-2)16(15)19-3/h4-9,20H,2-3H2,1H3. The lowest BCUT2D eigenvalue weighted by Crippen LogP contribution is -2.05. The first-order valence-corrected chi connectivity index (χ1v) is 7.51. The van der Waals surface area contributed by atoms with E-state index in [2.05, 4.69) is 34.2 Å². The van der Waals surface area contributed by atoms with Gasteiger partial charge >= 0.3 is 0 Å². The minimum atomic E-state index is -1.56. The van der Waals surface area contributed by atoms with E-state index in [1.165, 1.54) is 0 Å². The van der Waals surface area contributed by atoms with Gasteiger partial charge in [-0.3, -0.25) is 9.98 Å². The monoisotopic (exact) mass is 310 g/mol. The Morgan fingerprint density at radius 1 is 1.23 bits per heavy atom. The summed E-state index contributed by atoms with van der Waals surface area (Å²) in [5, 5.41) is 9.05. The Morgan fingerprint density at radius 2 is 2.00 bits per heavy atom. The first-order valence-electron chi connectivity index (χ1n) is 6.36. The fourth-order valence-corrected chi connectivity index (χ4v) is 2.91. The number of anilines is 1. The average molecular weight is 310 g/mol. The minimum Gasteiger partial charge on any atom is -0.301 e. The van der Waals surface area contributed by atoms with Gasteiger partial charge < -0.3 is 4.72 Å². The second-order valence-electron chi connectivity index (χ2n) is 4.45. The molecule has 0 bridgehead atoms. The second kappa shape index (κ2) is 6.78. The van der Waals surface area contributed by atoms with E-state index < -0.39 is 11.0 Å². The molecular weight excluding hydrogens is 296 g/mol. The smallest absolute Gasteiger partial charge is 0.152 e. The summed E-state index contributed by atoms with van der Waals surface area (Å²) < 4.78 is 15.4. The van der Waals surface area contributed by atoms with Crippen LogP contribution in [-0.2, 0) is 11.0 Å². The molecule has 0 aliphatic carbocycles. The van der Waals surface area contributed by atoms with E-state index in [-0.39, 0.29) is 0 Å². The maximum Gasteiger partial charge on any atom is 0.152 e. The van der Waals surface area contributed by atoms with Crippen LogP contribution in [0.15, 0.2) is 51.3 Å². The van der Waals surface area contributed by atoms with Gasteiger partial charge in [0.05, 0.1) is 22.2 Å². The van der Waals surface area contributed by atoms with Crippen LogP contribution in [0.3, 0.4) is 0 Å². The molecule has 1 atom stereocenters. The molecule has 1 unspecified atom stereocenters. The molecule has 2 aromatic carbocycles. The molecule has 1 N–H and O–H groups in total. The molecule has 0 aliphatic heterocycles. The number of para-hydroxylation sites is 1. The average Bonchev–Trinajstić information content (AvgIpc) is 2.55. The summed E-state index contributed by atoms with van der Waals surface area (Å²) >= 11 is 0. The van der Waals surface area contributed by atoms with E-state index in [0.29, 0.717) is 27.5 Å². The van der Waals surface area contributed by atoms with Gasteiger partial charge in [0.15, 0.2) is 11.0 Å². The molecule has 0 amide bonds. The van der Waals surface area contributed by atoms with Gasteiger partial charge in [0.1, 0.15) is 5.69 Å². The molecular formula is C16H14N4OS. The van der Waals surface area contributed by atoms with Crippen LogP contribution >= 0.6 is 0 Å². The molecule has 22 heavy (non-hydrogen) atoms. The number of benzene rings is 2. The van der Waals surface area contributed by atoms with Gasteiger partial charge in [0, 0.05) is 5.69 Å². The summed E-state index contributed by atoms with van der Waals surface area (Å²) in [7, 11) is -1.56. The quantitative estimate of drug-likeness (QED) is 0.855. The Kier molecular flexibility index (Phi) is 4.81. The first kappa shape index (κ1) is 15.6. The van der Waals surface area contributed by atoms with Gasteiger partial charge in [-0.05, 0) is 50.2 Å². The highest BCUT2D eigenvalue weighted by molar-refractivity contribution is 7.86. The van der Waals surface area contributed by atoms with E-state index in [4.69, 9.17) is 5.26 Å². The summed E-state index contributed by atoms with van der Waals surface area (Å²) in [5.41, 5.74) is 2.93. The van der Waals surface area contributed by atoms with E-state index >= 15 is 0 Å². The molecule has 0 heterocycles. The summed E-state index contributed by atoms with van der Waals surface area (Å²) in [6, 6.07) is 12.4. The molecule has 110 valence electrons. The number of nitrogens with zero attached hydrogens (tertiary/aromatic N) is 3. The van der Waals surface area contributed by atoms with Crippen LogP contribution in [0.25, 0.3) is 0 Å². The van der Waals surface area contributed by atoms with Crippen molar-refractivity contribution < 1.29 is 4.21 Å². The third-order valence-electron chi connectivity index (χ3n) is 3.07. The predicted molar refractivity (Wildman–Crippen MR) is 90.8 cm³/mol. The van der Waals surface area contributed by atoms with E-state index in [9.17, 15) is 4.21 Å². The van der Waals surface area contributed by atoms with Crippen molar-refractivity contribution in [1.29, 1.82) is 5.26 Å². The van der Waals surface area contributed by atoms with Crippen molar-refractivity contribution in [3.05, 3.63) is 47.5 Å². The Bertz CT molecular complexity index is 808. The van der Waals surface area contributed by atoms with Crippen molar-refractivity contribution in [3.63, 3.8) is 0 Å². The summed E-state index contributed by atoms with van der Waals surface area (Å²) in [5.74, 6) is 0. The van der Waals surface area contributed by atoms with Gasteiger partial charge in [0.25, 0.3) is 0 Å². The van der Waals surface area contributed by atoms with Gasteiger partial charge in [-0.1, -0.05) is 12.1 Å². The van der Waals surface area contributed by atoms with Crippen LogP contribution in [0.5, 0.6) is 0 Å². The van der Waals surface area contributed by atoms with Gasteiger partial charge in [-0.25, -0.2) is 4.21 Å². The summed E-state index contributed by atoms with van der Waals surface area (Å²) in [6.07, 6.45) is 0. The topological polar surface area (TPSA) is 77.6 Å². The Morgan fingerprint density at radius 3 is 2.64 bits per heavy atom. The highest BCUT2D eigenvalue weighted by atomic mass is 32.2. The third-order valence-corrected chi connectivity index (χ3v) is 4.22. The zero-order valence-corrected chi connectivity index (χ0v) is 12.9. The number of rotatable bonds is 5. The second-order valence-corrected chi connectivity index (χ2v) is 5.63. The zero-order valence-electron chi connectivity index (χ0n) is 12.0. The minimum absolute atomic E-state index is 0.427. The molecule has 0 saturated carbocycles. The van der Waals surface area contributed by atoms with Crippen LogP contribution in [-0.4, -0.2) is 17.6 Å². The molecule has 0 fully saturated rings. The van der Waals surface area contributed by atoms with Crippen LogP contribution < -0.4 is 4.72 Å². The third kappa shape index (κ3) is 3.10. The van der Waals surface area contributed by atoms with Crippen LogP contribution in [0, 0.1) is 18.3 Å². The molecule has 0 aromatic heterocycles. The van der Waals surface area contributed by atoms with Gasteiger partial charge in [-0.2, -0.15) is 5.26 Å². The summed E-state index contributed by atoms with van der Waals surface area (Å²) in [6.45, 7) is 8.79. The van der Waals surface area contributed by atoms with Crippen molar-refractivity contribution in [1.82, 2.24) is 0 Å². The number of hydrogen-bond donors (Lipinski definition) is 1. The molecule has 0 radical (unpaired) electrons. The fourth-order valence-electron chi connectivity index (χ4n) is 1.91. The van der Waals surface area contributed by atoms with Crippen LogP contribution in [0.1, 0.15) is 11.1 Å². The number of nitriles is 1. The number of aliphatic imine (C=N–C) groups is 2. The molecule has 0 spiro atoms. The number of hydrogen-bond acceptors (Lipinski definition) is 4. The van der Waals surface area contributed by atoms with Crippen LogP contribution in [0.4, 0.5) is 17.1 Å². The Labute approximate surface area is 131 Å². The molecule has 2 aromatic rings. The van der Waals surface area contributed by atoms with Gasteiger partial charge in [0.2, 0.25) is 0 Å². The highest BCUT2D eigenvalue weighted by Gasteiger charge is 2.13. The molecule has 5 nitrogen and oxygen atoms in total. The lowest BCUT2D eigenvalue weighted by Gasteiger charge is -2.10. The Hall–Kier alpha value is -2.78. The summed E-state index contributed by atoms with van der Waals surface area (Å²) in [4.78, 5) is 8.18. The van der Waals surface area contributed by atoms with Crippen molar-refractivity contribution in [2.24, 2.45) is 9.98 Å². The first-order chi connectivity index (χ1) is 10.6. The highest BCUT2D eigenvalue weighted by Crippen LogP contribution is 2.33. The van der Waals surface area contributed by atoms with Crippen molar-refractivity contribution in [2.45, 2.75) is 11.8 Å². The maximum atomic E-state index is 12.5. The maximum absolute atomic E-state index is 12.5.